The lowest BCUT2D eigenvalue weighted by molar-refractivity contribution is -0.121. The van der Waals surface area contributed by atoms with E-state index in [1.54, 1.807) is 0 Å². The summed E-state index contributed by atoms with van der Waals surface area (Å²) in [6.07, 6.45) is 6.37. The Balaban J connectivity index is 2.18. The molecule has 16 heavy (non-hydrogen) atoms. The topological polar surface area (TPSA) is 41.1 Å². The molecule has 0 radical (unpaired) electrons. The maximum absolute atomic E-state index is 11.7. The van der Waals surface area contributed by atoms with Gasteiger partial charge in [0.05, 0.1) is 0 Å². The summed E-state index contributed by atoms with van der Waals surface area (Å²) in [5.41, 5.74) is 0. The van der Waals surface area contributed by atoms with Gasteiger partial charge in [-0.3, -0.25) is 4.79 Å². The van der Waals surface area contributed by atoms with E-state index in [2.05, 4.69) is 30.7 Å². The average Bonchev–Trinajstić information content (AvgIpc) is 2.64. The van der Waals surface area contributed by atoms with Crippen LogP contribution in [-0.2, 0) is 4.79 Å². The molecule has 0 heterocycles. The SMILES string of the molecule is CSC1CCCC1NC(=O)CCNC(C)C. The van der Waals surface area contributed by atoms with Crippen molar-refractivity contribution in [1.82, 2.24) is 10.6 Å². The molecule has 3 nitrogen and oxygen atoms in total. The summed E-state index contributed by atoms with van der Waals surface area (Å²) in [6, 6.07) is 0.861. The molecule has 1 amide bonds. The maximum atomic E-state index is 11.7. The fourth-order valence-electron chi connectivity index (χ4n) is 2.13. The van der Waals surface area contributed by atoms with Crippen molar-refractivity contribution in [1.29, 1.82) is 0 Å². The molecule has 0 spiro atoms. The van der Waals surface area contributed by atoms with Crippen LogP contribution in [0.25, 0.3) is 0 Å². The third kappa shape index (κ3) is 4.74. The first-order valence-electron chi connectivity index (χ1n) is 6.19. The Kier molecular flexibility index (Phi) is 6.21. The number of hydrogen-bond acceptors (Lipinski definition) is 3. The van der Waals surface area contributed by atoms with E-state index in [1.807, 2.05) is 11.8 Å². The number of carbonyl (C=O) groups is 1. The van der Waals surface area contributed by atoms with Gasteiger partial charge in [0.1, 0.15) is 0 Å². The first kappa shape index (κ1) is 13.8. The molecule has 4 heteroatoms. The fourth-order valence-corrected chi connectivity index (χ4v) is 3.06. The summed E-state index contributed by atoms with van der Waals surface area (Å²) < 4.78 is 0. The molecule has 94 valence electrons. The first-order valence-corrected chi connectivity index (χ1v) is 7.47. The molecule has 1 saturated carbocycles. The summed E-state index contributed by atoms with van der Waals surface area (Å²) in [5.74, 6) is 0.194. The zero-order chi connectivity index (χ0) is 12.0. The molecule has 1 aliphatic rings. The minimum absolute atomic E-state index is 0.194. The average molecular weight is 244 g/mol. The van der Waals surface area contributed by atoms with Crippen LogP contribution in [-0.4, -0.2) is 36.0 Å². The first-order chi connectivity index (χ1) is 7.63. The minimum Gasteiger partial charge on any atom is -0.352 e. The zero-order valence-corrected chi connectivity index (χ0v) is 11.4. The highest BCUT2D eigenvalue weighted by Crippen LogP contribution is 2.28. The molecule has 1 fully saturated rings. The zero-order valence-electron chi connectivity index (χ0n) is 10.6. The van der Waals surface area contributed by atoms with Crippen LogP contribution in [0.2, 0.25) is 0 Å². The molecule has 0 aromatic rings. The second-order valence-electron chi connectivity index (χ2n) is 4.74. The molecule has 0 bridgehead atoms. The number of amides is 1. The molecule has 0 aliphatic heterocycles. The van der Waals surface area contributed by atoms with E-state index in [1.165, 1.54) is 12.8 Å². The third-order valence-corrected chi connectivity index (χ3v) is 4.18. The second kappa shape index (κ2) is 7.17. The van der Waals surface area contributed by atoms with Crippen molar-refractivity contribution in [3.63, 3.8) is 0 Å². The van der Waals surface area contributed by atoms with Gasteiger partial charge < -0.3 is 10.6 Å². The van der Waals surface area contributed by atoms with Crippen molar-refractivity contribution in [2.24, 2.45) is 0 Å². The van der Waals surface area contributed by atoms with Gasteiger partial charge in [-0.05, 0) is 19.1 Å². The van der Waals surface area contributed by atoms with Crippen molar-refractivity contribution >= 4 is 17.7 Å². The summed E-state index contributed by atoms with van der Waals surface area (Å²) in [6.45, 7) is 4.97. The molecule has 2 atom stereocenters. The highest BCUT2D eigenvalue weighted by molar-refractivity contribution is 7.99. The van der Waals surface area contributed by atoms with Crippen molar-refractivity contribution < 1.29 is 4.79 Å². The Labute approximate surface area is 103 Å². The largest absolute Gasteiger partial charge is 0.352 e. The molecule has 0 saturated heterocycles. The Bertz CT molecular complexity index is 221. The summed E-state index contributed by atoms with van der Waals surface area (Å²) >= 11 is 1.88. The van der Waals surface area contributed by atoms with Crippen LogP contribution in [0.4, 0.5) is 0 Å². The second-order valence-corrected chi connectivity index (χ2v) is 5.81. The van der Waals surface area contributed by atoms with E-state index >= 15 is 0 Å². The number of hydrogen-bond donors (Lipinski definition) is 2. The van der Waals surface area contributed by atoms with Crippen molar-refractivity contribution in [3.05, 3.63) is 0 Å². The van der Waals surface area contributed by atoms with E-state index in [-0.39, 0.29) is 5.91 Å². The van der Waals surface area contributed by atoms with E-state index in [0.29, 0.717) is 23.8 Å². The Morgan fingerprint density at radius 1 is 1.44 bits per heavy atom. The van der Waals surface area contributed by atoms with Gasteiger partial charge in [-0.25, -0.2) is 0 Å². The van der Waals surface area contributed by atoms with E-state index in [0.717, 1.165) is 13.0 Å². The van der Waals surface area contributed by atoms with Gasteiger partial charge in [-0.1, -0.05) is 20.3 Å². The monoisotopic (exact) mass is 244 g/mol. The van der Waals surface area contributed by atoms with Crippen LogP contribution in [0.15, 0.2) is 0 Å². The lowest BCUT2D eigenvalue weighted by atomic mass is 10.2. The van der Waals surface area contributed by atoms with Crippen molar-refractivity contribution in [2.75, 3.05) is 12.8 Å². The maximum Gasteiger partial charge on any atom is 0.221 e. The number of nitrogens with one attached hydrogen (secondary N) is 2. The van der Waals surface area contributed by atoms with E-state index in [9.17, 15) is 4.79 Å². The van der Waals surface area contributed by atoms with Crippen LogP contribution >= 0.6 is 11.8 Å². The molecule has 0 aromatic carbocycles. The van der Waals surface area contributed by atoms with Crippen molar-refractivity contribution in [2.45, 2.75) is 56.9 Å². The Morgan fingerprint density at radius 2 is 2.19 bits per heavy atom. The van der Waals surface area contributed by atoms with Gasteiger partial charge in [0.15, 0.2) is 0 Å². The quantitative estimate of drug-likeness (QED) is 0.748. The smallest absolute Gasteiger partial charge is 0.221 e. The minimum atomic E-state index is 0.194. The molecular formula is C12H24N2OS. The van der Waals surface area contributed by atoms with Gasteiger partial charge in [-0.15, -0.1) is 0 Å². The highest BCUT2D eigenvalue weighted by atomic mass is 32.2. The number of carbonyl (C=O) groups excluding carboxylic acids is 1. The van der Waals surface area contributed by atoms with Gasteiger partial charge in [-0.2, -0.15) is 11.8 Å². The van der Waals surface area contributed by atoms with Gasteiger partial charge >= 0.3 is 0 Å². The Morgan fingerprint density at radius 3 is 2.81 bits per heavy atom. The van der Waals surface area contributed by atoms with Gasteiger partial charge in [0.25, 0.3) is 0 Å². The molecule has 2 unspecified atom stereocenters. The van der Waals surface area contributed by atoms with Crippen molar-refractivity contribution in [3.8, 4) is 0 Å². The van der Waals surface area contributed by atoms with Gasteiger partial charge in [0.2, 0.25) is 5.91 Å². The lowest BCUT2D eigenvalue weighted by Crippen LogP contribution is -2.40. The molecule has 1 rings (SSSR count). The number of rotatable bonds is 6. The predicted octanol–water partition coefficient (Wildman–Crippen LogP) is 1.77. The highest BCUT2D eigenvalue weighted by Gasteiger charge is 2.27. The third-order valence-electron chi connectivity index (χ3n) is 3.01. The van der Waals surface area contributed by atoms with E-state index in [4.69, 9.17) is 0 Å². The summed E-state index contributed by atoms with van der Waals surface area (Å²) in [4.78, 5) is 11.7. The number of thioether (sulfide) groups is 1. The normalized spacial score (nSPS) is 25.0. The predicted molar refractivity (Wildman–Crippen MR) is 70.8 cm³/mol. The van der Waals surface area contributed by atoms with Crippen LogP contribution < -0.4 is 10.6 Å². The summed E-state index contributed by atoms with van der Waals surface area (Å²) in [7, 11) is 0. The Hall–Kier alpha value is -0.220. The van der Waals surface area contributed by atoms with E-state index < -0.39 is 0 Å². The summed E-state index contributed by atoms with van der Waals surface area (Å²) in [5, 5.41) is 7.04. The molecule has 0 aromatic heterocycles. The molecular weight excluding hydrogens is 220 g/mol. The molecule has 1 aliphatic carbocycles. The van der Waals surface area contributed by atoms with Crippen LogP contribution in [0, 0.1) is 0 Å². The van der Waals surface area contributed by atoms with Crippen LogP contribution in [0.5, 0.6) is 0 Å². The van der Waals surface area contributed by atoms with Gasteiger partial charge in [0, 0.05) is 30.3 Å². The molecule has 2 N–H and O–H groups in total. The standard InChI is InChI=1S/C12H24N2OS/c1-9(2)13-8-7-12(15)14-10-5-4-6-11(10)16-3/h9-11,13H,4-8H2,1-3H3,(H,14,15). The fraction of sp³-hybridized carbons (Fsp3) is 0.917. The lowest BCUT2D eigenvalue weighted by Gasteiger charge is -2.19. The van der Waals surface area contributed by atoms with Crippen LogP contribution in [0.3, 0.4) is 0 Å². The van der Waals surface area contributed by atoms with Crippen LogP contribution in [0.1, 0.15) is 39.5 Å².